The Bertz CT molecular complexity index is 363. The van der Waals surface area contributed by atoms with Gasteiger partial charge in [0, 0.05) is 17.1 Å². The molecule has 0 aliphatic heterocycles. The van der Waals surface area contributed by atoms with E-state index in [1.807, 2.05) is 12.1 Å². The van der Waals surface area contributed by atoms with Crippen molar-refractivity contribution in [3.05, 3.63) is 34.9 Å². The van der Waals surface area contributed by atoms with Gasteiger partial charge < -0.3 is 5.32 Å². The molecule has 0 amide bonds. The Morgan fingerprint density at radius 2 is 1.67 bits per heavy atom. The summed E-state index contributed by atoms with van der Waals surface area (Å²) in [5.41, 5.74) is 1.32. The van der Waals surface area contributed by atoms with E-state index < -0.39 is 0 Å². The molecule has 1 saturated carbocycles. The quantitative estimate of drug-likeness (QED) is 0.827. The first kappa shape index (κ1) is 13.9. The van der Waals surface area contributed by atoms with Gasteiger partial charge in [-0.25, -0.2) is 0 Å². The van der Waals surface area contributed by atoms with Crippen LogP contribution in [0, 0.1) is 11.8 Å². The molecule has 1 aliphatic carbocycles. The molecule has 0 heterocycles. The van der Waals surface area contributed by atoms with Gasteiger partial charge in [0.05, 0.1) is 0 Å². The minimum atomic E-state index is 0.398. The predicted octanol–water partition coefficient (Wildman–Crippen LogP) is 4.82. The molecule has 2 unspecified atom stereocenters. The third kappa shape index (κ3) is 3.27. The fourth-order valence-electron chi connectivity index (χ4n) is 3.15. The van der Waals surface area contributed by atoms with Gasteiger partial charge in [-0.15, -0.1) is 0 Å². The Hall–Kier alpha value is -0.530. The summed E-state index contributed by atoms with van der Waals surface area (Å²) in [6.07, 6.45) is 4.10. The van der Waals surface area contributed by atoms with E-state index in [2.05, 4.69) is 38.2 Å². The topological polar surface area (TPSA) is 12.0 Å². The first-order valence-corrected chi connectivity index (χ1v) is 7.47. The number of rotatable bonds is 3. The molecule has 1 aromatic rings. The highest BCUT2D eigenvalue weighted by Crippen LogP contribution is 2.30. The first-order valence-electron chi connectivity index (χ1n) is 7.09. The van der Waals surface area contributed by atoms with Crippen LogP contribution in [0.4, 0.5) is 0 Å². The molecule has 0 saturated heterocycles. The normalized spacial score (nSPS) is 30.1. The Morgan fingerprint density at radius 1 is 1.11 bits per heavy atom. The van der Waals surface area contributed by atoms with Gasteiger partial charge in [0.2, 0.25) is 0 Å². The van der Waals surface area contributed by atoms with E-state index in [0.717, 1.165) is 16.9 Å². The van der Waals surface area contributed by atoms with Crippen molar-refractivity contribution in [2.24, 2.45) is 11.8 Å². The molecule has 1 N–H and O–H groups in total. The molecule has 1 nitrogen and oxygen atoms in total. The Kier molecular flexibility index (Phi) is 4.69. The van der Waals surface area contributed by atoms with Gasteiger partial charge in [0.1, 0.15) is 0 Å². The lowest BCUT2D eigenvalue weighted by atomic mass is 9.78. The van der Waals surface area contributed by atoms with E-state index >= 15 is 0 Å². The van der Waals surface area contributed by atoms with E-state index in [1.54, 1.807) is 0 Å². The minimum absolute atomic E-state index is 0.398. The van der Waals surface area contributed by atoms with Crippen LogP contribution in [-0.4, -0.2) is 6.04 Å². The van der Waals surface area contributed by atoms with E-state index in [1.165, 1.54) is 24.8 Å². The maximum atomic E-state index is 5.93. The SMILES string of the molecule is CC1CCCC(C)C1N[C@@H](C)c1ccc(Cl)cc1. The van der Waals surface area contributed by atoms with Crippen molar-refractivity contribution in [1.29, 1.82) is 0 Å². The molecular formula is C16H24ClN. The summed E-state index contributed by atoms with van der Waals surface area (Å²) in [4.78, 5) is 0. The number of halogens is 1. The van der Waals surface area contributed by atoms with Crippen LogP contribution >= 0.6 is 11.6 Å². The summed E-state index contributed by atoms with van der Waals surface area (Å²) in [7, 11) is 0. The molecule has 18 heavy (non-hydrogen) atoms. The largest absolute Gasteiger partial charge is 0.307 e. The lowest BCUT2D eigenvalue weighted by Gasteiger charge is -2.37. The molecular weight excluding hydrogens is 242 g/mol. The molecule has 0 bridgehead atoms. The number of hydrogen-bond acceptors (Lipinski definition) is 1. The molecule has 1 aromatic carbocycles. The number of benzene rings is 1. The highest BCUT2D eigenvalue weighted by Gasteiger charge is 2.28. The molecule has 0 aromatic heterocycles. The number of nitrogens with one attached hydrogen (secondary N) is 1. The van der Waals surface area contributed by atoms with Crippen LogP contribution < -0.4 is 5.32 Å². The van der Waals surface area contributed by atoms with Gasteiger partial charge in [-0.3, -0.25) is 0 Å². The van der Waals surface area contributed by atoms with Gasteiger partial charge >= 0.3 is 0 Å². The highest BCUT2D eigenvalue weighted by atomic mass is 35.5. The van der Waals surface area contributed by atoms with Crippen LogP contribution in [0.2, 0.25) is 5.02 Å². The third-order valence-corrected chi connectivity index (χ3v) is 4.61. The van der Waals surface area contributed by atoms with Crippen molar-refractivity contribution in [1.82, 2.24) is 5.32 Å². The summed E-state index contributed by atoms with van der Waals surface area (Å²) >= 11 is 5.93. The van der Waals surface area contributed by atoms with E-state index in [9.17, 15) is 0 Å². The maximum Gasteiger partial charge on any atom is 0.0406 e. The highest BCUT2D eigenvalue weighted by molar-refractivity contribution is 6.30. The van der Waals surface area contributed by atoms with Gasteiger partial charge in [0.15, 0.2) is 0 Å². The minimum Gasteiger partial charge on any atom is -0.307 e. The summed E-state index contributed by atoms with van der Waals surface area (Å²) < 4.78 is 0. The van der Waals surface area contributed by atoms with Crippen molar-refractivity contribution >= 4 is 11.6 Å². The Balaban J connectivity index is 2.01. The van der Waals surface area contributed by atoms with Crippen molar-refractivity contribution in [2.45, 2.75) is 52.1 Å². The van der Waals surface area contributed by atoms with Crippen LogP contribution in [0.15, 0.2) is 24.3 Å². The lowest BCUT2D eigenvalue weighted by molar-refractivity contribution is 0.196. The van der Waals surface area contributed by atoms with Crippen molar-refractivity contribution in [3.63, 3.8) is 0 Å². The predicted molar refractivity (Wildman–Crippen MR) is 79.0 cm³/mol. The van der Waals surface area contributed by atoms with Crippen molar-refractivity contribution < 1.29 is 0 Å². The molecule has 2 rings (SSSR count). The zero-order valence-electron chi connectivity index (χ0n) is 11.6. The molecule has 100 valence electrons. The van der Waals surface area contributed by atoms with E-state index in [0.29, 0.717) is 12.1 Å². The van der Waals surface area contributed by atoms with Crippen molar-refractivity contribution in [3.8, 4) is 0 Å². The van der Waals surface area contributed by atoms with E-state index in [-0.39, 0.29) is 0 Å². The van der Waals surface area contributed by atoms with Crippen molar-refractivity contribution in [2.75, 3.05) is 0 Å². The van der Waals surface area contributed by atoms with Gasteiger partial charge in [-0.05, 0) is 49.3 Å². The molecule has 2 heteroatoms. The standard InChI is InChI=1S/C16H24ClN/c1-11-5-4-6-12(2)16(11)18-13(3)14-7-9-15(17)10-8-14/h7-13,16,18H,4-6H2,1-3H3/t11?,12?,13-,16?/m0/s1. The van der Waals surface area contributed by atoms with Crippen LogP contribution in [0.3, 0.4) is 0 Å². The molecule has 1 fully saturated rings. The van der Waals surface area contributed by atoms with Gasteiger partial charge in [0.25, 0.3) is 0 Å². The Labute approximate surface area is 116 Å². The summed E-state index contributed by atoms with van der Waals surface area (Å²) in [6.45, 7) is 7.00. The lowest BCUT2D eigenvalue weighted by Crippen LogP contribution is -2.43. The number of hydrogen-bond donors (Lipinski definition) is 1. The van der Waals surface area contributed by atoms with Crippen LogP contribution in [-0.2, 0) is 0 Å². The average Bonchev–Trinajstić information content (AvgIpc) is 2.34. The van der Waals surface area contributed by atoms with Gasteiger partial charge in [-0.1, -0.05) is 44.0 Å². The summed E-state index contributed by atoms with van der Waals surface area (Å²) in [5, 5.41) is 4.62. The van der Waals surface area contributed by atoms with Crippen LogP contribution in [0.1, 0.15) is 51.6 Å². The first-order chi connectivity index (χ1) is 8.58. The zero-order valence-corrected chi connectivity index (χ0v) is 12.4. The smallest absolute Gasteiger partial charge is 0.0406 e. The third-order valence-electron chi connectivity index (χ3n) is 4.36. The van der Waals surface area contributed by atoms with E-state index in [4.69, 9.17) is 11.6 Å². The second-order valence-corrected chi connectivity index (χ2v) is 6.29. The molecule has 3 atom stereocenters. The van der Waals surface area contributed by atoms with Crippen LogP contribution in [0.25, 0.3) is 0 Å². The molecule has 0 radical (unpaired) electrons. The summed E-state index contributed by atoms with van der Waals surface area (Å²) in [6, 6.07) is 9.24. The second-order valence-electron chi connectivity index (χ2n) is 5.85. The molecule has 0 spiro atoms. The average molecular weight is 266 g/mol. The molecule has 1 aliphatic rings. The summed E-state index contributed by atoms with van der Waals surface area (Å²) in [5.74, 6) is 1.56. The Morgan fingerprint density at radius 3 is 2.22 bits per heavy atom. The fourth-order valence-corrected chi connectivity index (χ4v) is 3.27. The van der Waals surface area contributed by atoms with Crippen LogP contribution in [0.5, 0.6) is 0 Å². The fraction of sp³-hybridized carbons (Fsp3) is 0.625. The second kappa shape index (κ2) is 6.08. The zero-order chi connectivity index (χ0) is 13.1. The maximum absolute atomic E-state index is 5.93. The van der Waals surface area contributed by atoms with Gasteiger partial charge in [-0.2, -0.15) is 0 Å². The monoisotopic (exact) mass is 265 g/mol.